The van der Waals surface area contributed by atoms with Gasteiger partial charge in [0.1, 0.15) is 17.5 Å². The van der Waals surface area contributed by atoms with Crippen molar-refractivity contribution in [3.05, 3.63) is 47.5 Å². The summed E-state index contributed by atoms with van der Waals surface area (Å²) >= 11 is 0. The van der Waals surface area contributed by atoms with Crippen LogP contribution in [0.15, 0.2) is 36.4 Å². The van der Waals surface area contributed by atoms with Gasteiger partial charge in [0.15, 0.2) is 0 Å². The zero-order valence-electron chi connectivity index (χ0n) is 26.7. The SMILES string of the molecule is CNC(=O)c1cccc(-c2cccc(CN3O[C@@H](CN)[C@H]([C@H](C)O)[C@H]3C(=O)N[C@H]3C4CC[C@@H]([C@@H]3C)C(C)(C)C4)c2OC)c1O. The molecular formula is C34H48N4O6. The van der Waals surface area contributed by atoms with Gasteiger partial charge >= 0.3 is 0 Å². The smallest absolute Gasteiger partial charge is 0.254 e. The third kappa shape index (κ3) is 5.69. The minimum absolute atomic E-state index is 0.0659. The van der Waals surface area contributed by atoms with E-state index < -0.39 is 30.1 Å². The van der Waals surface area contributed by atoms with Crippen LogP contribution in [0.4, 0.5) is 0 Å². The Morgan fingerprint density at radius 1 is 1.18 bits per heavy atom. The maximum Gasteiger partial charge on any atom is 0.254 e. The molecule has 4 aliphatic rings. The molecule has 6 N–H and O–H groups in total. The van der Waals surface area contributed by atoms with Crippen LogP contribution in [0.1, 0.15) is 62.9 Å². The number of aliphatic hydroxyl groups excluding tert-OH is 1. The van der Waals surface area contributed by atoms with E-state index in [0.717, 1.165) is 12.8 Å². The number of fused-ring (bicyclic) bond motifs is 3. The maximum absolute atomic E-state index is 14.2. The van der Waals surface area contributed by atoms with E-state index in [-0.39, 0.29) is 41.8 Å². The molecule has 2 amide bonds. The van der Waals surface area contributed by atoms with Crippen molar-refractivity contribution in [1.82, 2.24) is 15.7 Å². The first kappa shape index (κ1) is 32.2. The lowest BCUT2D eigenvalue weighted by Crippen LogP contribution is -2.60. The minimum Gasteiger partial charge on any atom is -0.506 e. The average molecular weight is 609 g/mol. The number of amides is 2. The molecule has 10 heteroatoms. The number of rotatable bonds is 9. The Morgan fingerprint density at radius 2 is 1.89 bits per heavy atom. The highest BCUT2D eigenvalue weighted by atomic mass is 16.7. The summed E-state index contributed by atoms with van der Waals surface area (Å²) in [5.41, 5.74) is 8.25. The number of hydrogen-bond acceptors (Lipinski definition) is 8. The molecule has 1 unspecified atom stereocenters. The molecule has 0 spiro atoms. The van der Waals surface area contributed by atoms with Crippen LogP contribution in [-0.2, 0) is 16.2 Å². The summed E-state index contributed by atoms with van der Waals surface area (Å²) in [7, 11) is 3.05. The van der Waals surface area contributed by atoms with E-state index in [2.05, 4.69) is 31.4 Å². The van der Waals surface area contributed by atoms with Crippen molar-refractivity contribution in [1.29, 1.82) is 0 Å². The van der Waals surface area contributed by atoms with Crippen molar-refractivity contribution < 1.29 is 29.4 Å². The first-order valence-electron chi connectivity index (χ1n) is 15.8. The quantitative estimate of drug-likeness (QED) is 0.291. The standard InChI is InChI=1S/C34H48N4O6/c1-18-25-14-13-20(15-34(25,3)4)28(18)37-33(42)29-27(19(2)39)26(16-35)44-38(29)17-21-9-7-11-23(31(21)43-6)22-10-8-12-24(30(22)40)32(41)36-5/h7-12,18-20,25-29,39-40H,13-17,35H2,1-6H3,(H,36,41)(H,37,42)/t18-,19-,20?,25-,26-,27-,28+,29-/m0/s1. The van der Waals surface area contributed by atoms with Gasteiger partial charge in [0.25, 0.3) is 5.91 Å². The van der Waals surface area contributed by atoms with Gasteiger partial charge in [-0.2, -0.15) is 5.06 Å². The van der Waals surface area contributed by atoms with E-state index in [4.69, 9.17) is 15.3 Å². The normalized spacial score (nSPS) is 30.1. The molecule has 2 bridgehead atoms. The molecule has 2 aromatic rings. The number of carbonyl (C=O) groups is 2. The summed E-state index contributed by atoms with van der Waals surface area (Å²) in [5.74, 6) is 0.522. The second-order valence-electron chi connectivity index (χ2n) is 13.5. The molecule has 4 fully saturated rings. The number of ether oxygens (including phenoxy) is 1. The molecule has 240 valence electrons. The van der Waals surface area contributed by atoms with Gasteiger partial charge in [-0.3, -0.25) is 14.4 Å². The molecule has 0 radical (unpaired) electrons. The predicted octanol–water partition coefficient (Wildman–Crippen LogP) is 3.44. The Labute approximate surface area is 260 Å². The number of aromatic hydroxyl groups is 1. The van der Waals surface area contributed by atoms with E-state index in [1.807, 2.05) is 18.2 Å². The summed E-state index contributed by atoms with van der Waals surface area (Å²) in [6, 6.07) is 9.78. The number of benzene rings is 2. The monoisotopic (exact) mass is 608 g/mol. The summed E-state index contributed by atoms with van der Waals surface area (Å²) in [6.07, 6.45) is 2.00. The van der Waals surface area contributed by atoms with E-state index in [1.54, 1.807) is 37.3 Å². The molecule has 44 heavy (non-hydrogen) atoms. The molecule has 3 saturated carbocycles. The zero-order valence-corrected chi connectivity index (χ0v) is 26.7. The fourth-order valence-corrected chi connectivity index (χ4v) is 8.50. The summed E-state index contributed by atoms with van der Waals surface area (Å²) in [6.45, 7) is 8.94. The number of nitrogens with one attached hydrogen (secondary N) is 2. The van der Waals surface area contributed by atoms with Crippen molar-refractivity contribution in [2.24, 2.45) is 34.8 Å². The number of methoxy groups -OCH3 is 1. The number of aliphatic hydroxyl groups is 1. The third-order valence-corrected chi connectivity index (χ3v) is 10.5. The lowest BCUT2D eigenvalue weighted by molar-refractivity contribution is -0.175. The van der Waals surface area contributed by atoms with Gasteiger partial charge in [0, 0.05) is 42.2 Å². The zero-order chi connectivity index (χ0) is 31.9. The summed E-state index contributed by atoms with van der Waals surface area (Å²) in [5, 5.41) is 29.5. The Balaban J connectivity index is 1.46. The molecule has 0 aromatic heterocycles. The van der Waals surface area contributed by atoms with Crippen LogP contribution in [0.3, 0.4) is 0 Å². The Hall–Kier alpha value is -3.18. The van der Waals surface area contributed by atoms with Crippen molar-refractivity contribution in [2.45, 2.75) is 77.8 Å². The number of phenolic OH excluding ortho intramolecular Hbond substituents is 1. The first-order chi connectivity index (χ1) is 20.9. The fourth-order valence-electron chi connectivity index (χ4n) is 8.50. The van der Waals surface area contributed by atoms with E-state index in [0.29, 0.717) is 40.2 Å². The molecule has 8 atom stereocenters. The molecule has 2 aromatic carbocycles. The highest BCUT2D eigenvalue weighted by Crippen LogP contribution is 2.55. The number of phenols is 1. The van der Waals surface area contributed by atoms with Gasteiger partial charge in [-0.15, -0.1) is 0 Å². The van der Waals surface area contributed by atoms with E-state index in [1.165, 1.54) is 13.5 Å². The van der Waals surface area contributed by atoms with Crippen LogP contribution in [0.2, 0.25) is 0 Å². The second kappa shape index (κ2) is 12.7. The number of hydroxylamine groups is 2. The topological polar surface area (TPSA) is 146 Å². The van der Waals surface area contributed by atoms with Crippen LogP contribution in [0.25, 0.3) is 11.1 Å². The maximum atomic E-state index is 14.2. The molecule has 3 aliphatic carbocycles. The van der Waals surface area contributed by atoms with Crippen molar-refractivity contribution in [3.8, 4) is 22.6 Å². The molecule has 10 nitrogen and oxygen atoms in total. The summed E-state index contributed by atoms with van der Waals surface area (Å²) < 4.78 is 5.87. The van der Waals surface area contributed by atoms with Crippen LogP contribution in [-0.4, -0.2) is 72.1 Å². The van der Waals surface area contributed by atoms with Crippen molar-refractivity contribution in [3.63, 3.8) is 0 Å². The number of carbonyl (C=O) groups excluding carboxylic acids is 2. The van der Waals surface area contributed by atoms with Crippen LogP contribution in [0, 0.1) is 29.1 Å². The minimum atomic E-state index is -0.832. The predicted molar refractivity (Wildman–Crippen MR) is 168 cm³/mol. The highest BCUT2D eigenvalue weighted by Gasteiger charge is 2.53. The first-order valence-corrected chi connectivity index (χ1v) is 15.8. The van der Waals surface area contributed by atoms with Crippen LogP contribution >= 0.6 is 0 Å². The largest absolute Gasteiger partial charge is 0.506 e. The van der Waals surface area contributed by atoms with Crippen molar-refractivity contribution >= 4 is 11.8 Å². The van der Waals surface area contributed by atoms with Gasteiger partial charge in [0.2, 0.25) is 5.91 Å². The molecular weight excluding hydrogens is 560 g/mol. The fraction of sp³-hybridized carbons (Fsp3) is 0.588. The number of nitrogens with zero attached hydrogens (tertiary/aromatic N) is 1. The molecule has 1 aliphatic heterocycles. The number of nitrogens with two attached hydrogens (primary N) is 1. The molecule has 1 saturated heterocycles. The van der Waals surface area contributed by atoms with Crippen LogP contribution in [0.5, 0.6) is 11.5 Å². The lowest BCUT2D eigenvalue weighted by Gasteiger charge is -2.56. The van der Waals surface area contributed by atoms with E-state index >= 15 is 0 Å². The second-order valence-corrected chi connectivity index (χ2v) is 13.5. The van der Waals surface area contributed by atoms with Gasteiger partial charge in [-0.05, 0) is 55.4 Å². The Morgan fingerprint density at radius 3 is 2.50 bits per heavy atom. The van der Waals surface area contributed by atoms with Crippen LogP contribution < -0.4 is 21.1 Å². The lowest BCUT2D eigenvalue weighted by atomic mass is 9.52. The number of hydrogen-bond donors (Lipinski definition) is 5. The van der Waals surface area contributed by atoms with Gasteiger partial charge in [-0.1, -0.05) is 51.1 Å². The van der Waals surface area contributed by atoms with Gasteiger partial charge in [-0.25, -0.2) is 0 Å². The average Bonchev–Trinajstić information content (AvgIpc) is 3.36. The molecule has 1 heterocycles. The number of para-hydroxylation sites is 2. The van der Waals surface area contributed by atoms with Crippen molar-refractivity contribution in [2.75, 3.05) is 20.7 Å². The Kier molecular flexibility index (Phi) is 9.28. The molecule has 6 rings (SSSR count). The van der Waals surface area contributed by atoms with Gasteiger partial charge in [0.05, 0.1) is 31.4 Å². The highest BCUT2D eigenvalue weighted by molar-refractivity contribution is 5.99. The van der Waals surface area contributed by atoms with E-state index in [9.17, 15) is 19.8 Å². The Bertz CT molecular complexity index is 1380. The third-order valence-electron chi connectivity index (χ3n) is 10.5. The van der Waals surface area contributed by atoms with Gasteiger partial charge < -0.3 is 31.3 Å². The summed E-state index contributed by atoms with van der Waals surface area (Å²) in [4.78, 5) is 32.9.